The maximum Gasteiger partial charge on any atom is 0.260 e. The van der Waals surface area contributed by atoms with Crippen molar-refractivity contribution in [1.29, 1.82) is 0 Å². The van der Waals surface area contributed by atoms with Crippen LogP contribution in [-0.4, -0.2) is 43.6 Å². The Balaban J connectivity index is 1.48. The number of benzene rings is 1. The van der Waals surface area contributed by atoms with Gasteiger partial charge in [0.25, 0.3) is 10.0 Å². The van der Waals surface area contributed by atoms with Crippen LogP contribution in [0.2, 0.25) is 0 Å². The van der Waals surface area contributed by atoms with Crippen LogP contribution in [0.25, 0.3) is 0 Å². The zero-order valence-electron chi connectivity index (χ0n) is 13.9. The van der Waals surface area contributed by atoms with Crippen molar-refractivity contribution in [3.05, 3.63) is 54.2 Å². The predicted molar refractivity (Wildman–Crippen MR) is 94.6 cm³/mol. The zero-order valence-corrected chi connectivity index (χ0v) is 14.7. The van der Waals surface area contributed by atoms with E-state index in [9.17, 15) is 8.42 Å². The van der Waals surface area contributed by atoms with E-state index in [1.807, 2.05) is 12.1 Å². The summed E-state index contributed by atoms with van der Waals surface area (Å²) in [4.78, 5) is 6.27. The molecule has 0 N–H and O–H groups in total. The van der Waals surface area contributed by atoms with Gasteiger partial charge in [-0.1, -0.05) is 24.3 Å². The average molecular weight is 359 g/mol. The van der Waals surface area contributed by atoms with Gasteiger partial charge in [-0.2, -0.15) is 4.31 Å². The first-order valence-corrected chi connectivity index (χ1v) is 9.94. The highest BCUT2D eigenvalue weighted by Crippen LogP contribution is 2.31. The van der Waals surface area contributed by atoms with E-state index >= 15 is 0 Å². The van der Waals surface area contributed by atoms with E-state index < -0.39 is 10.0 Å². The van der Waals surface area contributed by atoms with Crippen molar-refractivity contribution in [3.8, 4) is 0 Å². The van der Waals surface area contributed by atoms with Gasteiger partial charge in [0.2, 0.25) is 0 Å². The molecule has 1 aromatic heterocycles. The maximum atomic E-state index is 12.7. The highest BCUT2D eigenvalue weighted by Gasteiger charge is 2.33. The van der Waals surface area contributed by atoms with Crippen LogP contribution in [0.3, 0.4) is 0 Å². The molecule has 0 spiro atoms. The summed E-state index contributed by atoms with van der Waals surface area (Å²) < 4.78 is 32.6. The standard InChI is InChI=1S/C18H21N3O3S/c22-25(23,18-7-3-4-10-19-18)20-11-8-16(9-12-20)21-14-24-13-15-5-1-2-6-17(15)21/h1-7,10,16H,8-9,11-14H2. The third-order valence-corrected chi connectivity index (χ3v) is 6.71. The number of nitrogens with zero attached hydrogens (tertiary/aromatic N) is 3. The minimum absolute atomic E-state index is 0.125. The van der Waals surface area contributed by atoms with E-state index in [0.29, 0.717) is 26.4 Å². The molecule has 1 saturated heterocycles. The highest BCUT2D eigenvalue weighted by atomic mass is 32.2. The molecule has 0 aliphatic carbocycles. The van der Waals surface area contributed by atoms with Gasteiger partial charge in [-0.05, 0) is 31.0 Å². The second kappa shape index (κ2) is 6.74. The second-order valence-corrected chi connectivity index (χ2v) is 8.26. The third-order valence-electron chi connectivity index (χ3n) is 4.90. The molecule has 2 aliphatic rings. The number of para-hydroxylation sites is 1. The van der Waals surface area contributed by atoms with Crippen LogP contribution in [0, 0.1) is 0 Å². The fourth-order valence-corrected chi connectivity index (χ4v) is 4.97. The molecule has 25 heavy (non-hydrogen) atoms. The zero-order chi connectivity index (χ0) is 17.3. The van der Waals surface area contributed by atoms with E-state index in [1.165, 1.54) is 17.4 Å². The van der Waals surface area contributed by atoms with Crippen molar-refractivity contribution in [1.82, 2.24) is 9.29 Å². The van der Waals surface area contributed by atoms with Gasteiger partial charge >= 0.3 is 0 Å². The van der Waals surface area contributed by atoms with Crippen molar-refractivity contribution < 1.29 is 13.2 Å². The molecular formula is C18H21N3O3S. The Kier molecular flexibility index (Phi) is 4.45. The summed E-state index contributed by atoms with van der Waals surface area (Å²) >= 11 is 0. The van der Waals surface area contributed by atoms with Gasteiger partial charge in [0.05, 0.1) is 6.61 Å². The normalized spacial score (nSPS) is 19.6. The Morgan fingerprint density at radius 1 is 1.04 bits per heavy atom. The van der Waals surface area contributed by atoms with E-state index in [0.717, 1.165) is 12.8 Å². The first-order valence-electron chi connectivity index (χ1n) is 8.50. The maximum absolute atomic E-state index is 12.7. The van der Waals surface area contributed by atoms with Crippen LogP contribution >= 0.6 is 0 Å². The van der Waals surface area contributed by atoms with Crippen LogP contribution in [-0.2, 0) is 21.4 Å². The molecule has 1 fully saturated rings. The molecule has 0 saturated carbocycles. The number of aromatic nitrogens is 1. The largest absolute Gasteiger partial charge is 0.356 e. The minimum Gasteiger partial charge on any atom is -0.356 e. The molecule has 0 atom stereocenters. The molecule has 0 radical (unpaired) electrons. The Labute approximate surface area is 148 Å². The molecule has 2 aromatic rings. The Bertz CT molecular complexity index is 834. The molecule has 1 aromatic carbocycles. The van der Waals surface area contributed by atoms with Crippen molar-refractivity contribution in [3.63, 3.8) is 0 Å². The monoisotopic (exact) mass is 359 g/mol. The topological polar surface area (TPSA) is 62.7 Å². The number of sulfonamides is 1. The highest BCUT2D eigenvalue weighted by molar-refractivity contribution is 7.89. The molecule has 2 aliphatic heterocycles. The van der Waals surface area contributed by atoms with Crippen molar-refractivity contribution in [2.24, 2.45) is 0 Å². The van der Waals surface area contributed by atoms with E-state index in [1.54, 1.807) is 22.5 Å². The molecule has 6 nitrogen and oxygen atoms in total. The van der Waals surface area contributed by atoms with Crippen molar-refractivity contribution >= 4 is 15.7 Å². The smallest absolute Gasteiger partial charge is 0.260 e. The van der Waals surface area contributed by atoms with Gasteiger partial charge < -0.3 is 9.64 Å². The van der Waals surface area contributed by atoms with Gasteiger partial charge in [-0.3, -0.25) is 0 Å². The lowest BCUT2D eigenvalue weighted by Gasteiger charge is -2.41. The van der Waals surface area contributed by atoms with Crippen LogP contribution in [0.4, 0.5) is 5.69 Å². The third kappa shape index (κ3) is 3.15. The Hall–Kier alpha value is -1.96. The molecule has 0 unspecified atom stereocenters. The Morgan fingerprint density at radius 3 is 2.56 bits per heavy atom. The lowest BCUT2D eigenvalue weighted by Crippen LogP contribution is -2.48. The fraction of sp³-hybridized carbons (Fsp3) is 0.389. The number of ether oxygens (including phenoxy) is 1. The van der Waals surface area contributed by atoms with Gasteiger partial charge in [-0.25, -0.2) is 13.4 Å². The fourth-order valence-electron chi connectivity index (χ4n) is 3.56. The lowest BCUT2D eigenvalue weighted by molar-refractivity contribution is 0.0987. The van der Waals surface area contributed by atoms with Gasteiger partial charge in [0, 0.05) is 36.6 Å². The van der Waals surface area contributed by atoms with Gasteiger partial charge in [0.15, 0.2) is 5.03 Å². The van der Waals surface area contributed by atoms with Crippen LogP contribution in [0.1, 0.15) is 18.4 Å². The lowest BCUT2D eigenvalue weighted by atomic mass is 10.0. The molecule has 0 amide bonds. The summed E-state index contributed by atoms with van der Waals surface area (Å²) in [5.41, 5.74) is 2.40. The van der Waals surface area contributed by atoms with E-state index in [4.69, 9.17) is 4.74 Å². The number of rotatable bonds is 3. The summed E-state index contributed by atoms with van der Waals surface area (Å²) in [6.07, 6.45) is 3.08. The minimum atomic E-state index is -3.50. The number of piperidine rings is 1. The molecule has 3 heterocycles. The van der Waals surface area contributed by atoms with Crippen molar-refractivity contribution in [2.45, 2.75) is 30.5 Å². The van der Waals surface area contributed by atoms with Crippen LogP contribution < -0.4 is 4.90 Å². The SMILES string of the molecule is O=S(=O)(c1ccccn1)N1CCC(N2COCc3ccccc32)CC1. The molecular weight excluding hydrogens is 338 g/mol. The second-order valence-electron chi connectivity index (χ2n) is 6.38. The molecule has 7 heteroatoms. The van der Waals surface area contributed by atoms with Crippen LogP contribution in [0.15, 0.2) is 53.7 Å². The van der Waals surface area contributed by atoms with Crippen molar-refractivity contribution in [2.75, 3.05) is 24.7 Å². The first-order chi connectivity index (χ1) is 12.2. The molecule has 0 bridgehead atoms. The molecule has 132 valence electrons. The van der Waals surface area contributed by atoms with Gasteiger partial charge in [-0.15, -0.1) is 0 Å². The number of anilines is 1. The molecule has 4 rings (SSSR count). The summed E-state index contributed by atoms with van der Waals surface area (Å²) in [5, 5.41) is 0.125. The summed E-state index contributed by atoms with van der Waals surface area (Å²) in [5.74, 6) is 0. The van der Waals surface area contributed by atoms with Gasteiger partial charge in [0.1, 0.15) is 6.73 Å². The average Bonchev–Trinajstić information content (AvgIpc) is 2.68. The quantitative estimate of drug-likeness (QED) is 0.841. The van der Waals surface area contributed by atoms with E-state index in [2.05, 4.69) is 22.0 Å². The summed E-state index contributed by atoms with van der Waals surface area (Å²) in [6, 6.07) is 13.5. The summed E-state index contributed by atoms with van der Waals surface area (Å²) in [6.45, 7) is 2.21. The first kappa shape index (κ1) is 16.5. The number of hydrogen-bond donors (Lipinski definition) is 0. The van der Waals surface area contributed by atoms with E-state index in [-0.39, 0.29) is 11.1 Å². The Morgan fingerprint density at radius 2 is 1.80 bits per heavy atom. The summed E-state index contributed by atoms with van der Waals surface area (Å²) in [7, 11) is -3.50. The number of pyridine rings is 1. The predicted octanol–water partition coefficient (Wildman–Crippen LogP) is 2.23. The number of hydrogen-bond acceptors (Lipinski definition) is 5. The number of fused-ring (bicyclic) bond motifs is 1. The van der Waals surface area contributed by atoms with Crippen LogP contribution in [0.5, 0.6) is 0 Å².